The molecule has 1 saturated carbocycles. The second kappa shape index (κ2) is 12.8. The van der Waals surface area contributed by atoms with E-state index >= 15 is 0 Å². The van der Waals surface area contributed by atoms with E-state index in [4.69, 9.17) is 19.9 Å². The number of aromatic nitrogens is 4. The summed E-state index contributed by atoms with van der Waals surface area (Å²) in [7, 11) is -3.49. The number of esters is 2. The minimum atomic E-state index is -3.49. The zero-order valence-corrected chi connectivity index (χ0v) is 22.9. The van der Waals surface area contributed by atoms with Crippen molar-refractivity contribution in [1.82, 2.24) is 29.7 Å². The Morgan fingerprint density at radius 3 is 2.54 bits per heavy atom. The zero-order chi connectivity index (χ0) is 27.2. The average Bonchev–Trinajstić information content (AvgIpc) is 3.22. The monoisotopic (exact) mass is 539 g/mol. The summed E-state index contributed by atoms with van der Waals surface area (Å²) in [6, 6.07) is -0.840. The standard InChI is InChI=1S/C23H38N7O6P/c1-14(2)35-22(31)15(3)9-28-37(33,29-17(5)23(32)36-18-7-6-8-18)13-34-16(4)10-30-12-27-19-20(24)25-11-26-21(19)30/h11-12,14-18H,6-10,13H2,1-5H3,(H2,24,25,26)(H2,28,29,33)/t15-,16+,17-,37+/m0/s1. The first-order chi connectivity index (χ1) is 17.5. The molecule has 2 aromatic heterocycles. The predicted octanol–water partition coefficient (Wildman–Crippen LogP) is 2.22. The number of fused-ring (bicyclic) bond motifs is 1. The molecular formula is C23H38N7O6P. The highest BCUT2D eigenvalue weighted by molar-refractivity contribution is 7.59. The van der Waals surface area contributed by atoms with Crippen LogP contribution in [0.3, 0.4) is 0 Å². The molecule has 2 heterocycles. The highest BCUT2D eigenvalue weighted by Gasteiger charge is 2.32. The fourth-order valence-electron chi connectivity index (χ4n) is 3.56. The molecule has 0 amide bonds. The molecule has 0 bridgehead atoms. The van der Waals surface area contributed by atoms with Crippen molar-refractivity contribution in [3.63, 3.8) is 0 Å². The van der Waals surface area contributed by atoms with Gasteiger partial charge in [0.15, 0.2) is 11.5 Å². The molecule has 0 aliphatic heterocycles. The van der Waals surface area contributed by atoms with Crippen LogP contribution >= 0.6 is 7.44 Å². The van der Waals surface area contributed by atoms with E-state index in [2.05, 4.69) is 25.1 Å². The fraction of sp³-hybridized carbons (Fsp3) is 0.696. The average molecular weight is 540 g/mol. The van der Waals surface area contributed by atoms with Crippen LogP contribution in [0.1, 0.15) is 53.9 Å². The Bertz CT molecular complexity index is 1120. The van der Waals surface area contributed by atoms with Crippen molar-refractivity contribution in [2.24, 2.45) is 5.92 Å². The Kier molecular flexibility index (Phi) is 10.00. The number of ether oxygens (including phenoxy) is 3. The number of hydrogen-bond acceptors (Lipinski definition) is 10. The largest absolute Gasteiger partial charge is 0.463 e. The maximum absolute atomic E-state index is 13.8. The quantitative estimate of drug-likeness (QED) is 0.236. The summed E-state index contributed by atoms with van der Waals surface area (Å²) < 4.78 is 32.2. The number of rotatable bonds is 14. The second-order valence-electron chi connectivity index (χ2n) is 9.76. The van der Waals surface area contributed by atoms with Gasteiger partial charge in [-0.05, 0) is 47.0 Å². The normalized spacial score (nSPS) is 18.1. The number of imidazole rings is 1. The summed E-state index contributed by atoms with van der Waals surface area (Å²) in [5.74, 6) is -1.17. The molecule has 13 nitrogen and oxygen atoms in total. The molecule has 206 valence electrons. The number of carbonyl (C=O) groups is 2. The summed E-state index contributed by atoms with van der Waals surface area (Å²) in [6.07, 6.45) is 4.68. The molecule has 4 atom stereocenters. The molecular weight excluding hydrogens is 501 g/mol. The summed E-state index contributed by atoms with van der Waals surface area (Å²) in [5.41, 5.74) is 6.91. The number of hydrogen-bond donors (Lipinski definition) is 3. The molecule has 3 rings (SSSR count). The predicted molar refractivity (Wildman–Crippen MR) is 137 cm³/mol. The molecule has 14 heteroatoms. The minimum Gasteiger partial charge on any atom is -0.463 e. The van der Waals surface area contributed by atoms with Gasteiger partial charge in [-0.1, -0.05) is 6.92 Å². The number of nitrogen functional groups attached to an aromatic ring is 1. The second-order valence-corrected chi connectivity index (χ2v) is 12.1. The molecule has 0 unspecified atom stereocenters. The fourth-order valence-corrected chi connectivity index (χ4v) is 5.58. The van der Waals surface area contributed by atoms with Gasteiger partial charge in [-0.25, -0.2) is 20.0 Å². The van der Waals surface area contributed by atoms with Gasteiger partial charge < -0.3 is 24.5 Å². The lowest BCUT2D eigenvalue weighted by atomic mass is 9.96. The molecule has 0 saturated heterocycles. The van der Waals surface area contributed by atoms with E-state index in [9.17, 15) is 14.2 Å². The highest BCUT2D eigenvalue weighted by atomic mass is 31.2. The number of nitrogens with two attached hydrogens (primary N) is 1. The SMILES string of the molecule is CC(C)OC(=O)[C@@H](C)CN[P@](=O)(CO[C@H](C)Cn1cnc2c(N)ncnc21)N[C@@H](C)C(=O)OC1CCC1. The Hall–Kier alpha value is -2.60. The summed E-state index contributed by atoms with van der Waals surface area (Å²) >= 11 is 0. The van der Waals surface area contributed by atoms with Gasteiger partial charge in [0.1, 0.15) is 30.3 Å². The minimum absolute atomic E-state index is 0.0698. The van der Waals surface area contributed by atoms with E-state index in [-0.39, 0.29) is 30.9 Å². The lowest BCUT2D eigenvalue weighted by Crippen LogP contribution is -2.41. The maximum atomic E-state index is 13.8. The molecule has 4 N–H and O–H groups in total. The van der Waals surface area contributed by atoms with Crippen LogP contribution in [-0.2, 0) is 34.9 Å². The molecule has 2 aromatic rings. The van der Waals surface area contributed by atoms with Crippen molar-refractivity contribution in [3.8, 4) is 0 Å². The smallest absolute Gasteiger partial charge is 0.323 e. The van der Waals surface area contributed by atoms with E-state index < -0.39 is 37.4 Å². The third-order valence-corrected chi connectivity index (χ3v) is 7.93. The van der Waals surface area contributed by atoms with Crippen molar-refractivity contribution in [2.45, 2.75) is 84.8 Å². The number of anilines is 1. The Balaban J connectivity index is 1.63. The van der Waals surface area contributed by atoms with Crippen molar-refractivity contribution in [3.05, 3.63) is 12.7 Å². The van der Waals surface area contributed by atoms with Gasteiger partial charge in [0.2, 0.25) is 7.44 Å². The van der Waals surface area contributed by atoms with Crippen LogP contribution in [0.5, 0.6) is 0 Å². The number of carbonyl (C=O) groups excluding carboxylic acids is 2. The maximum Gasteiger partial charge on any atom is 0.323 e. The first kappa shape index (κ1) is 29.0. The topological polar surface area (TPSA) is 173 Å². The summed E-state index contributed by atoms with van der Waals surface area (Å²) in [6.45, 7) is 9.05. The van der Waals surface area contributed by atoms with Gasteiger partial charge in [-0.3, -0.25) is 19.2 Å². The van der Waals surface area contributed by atoms with E-state index in [1.54, 1.807) is 38.6 Å². The molecule has 1 fully saturated rings. The van der Waals surface area contributed by atoms with Crippen molar-refractivity contribution < 1.29 is 28.4 Å². The van der Waals surface area contributed by atoms with Crippen molar-refractivity contribution in [1.29, 1.82) is 0 Å². The van der Waals surface area contributed by atoms with E-state index in [1.165, 1.54) is 6.33 Å². The first-order valence-corrected chi connectivity index (χ1v) is 14.4. The van der Waals surface area contributed by atoms with Gasteiger partial charge >= 0.3 is 11.9 Å². The number of nitrogens with zero attached hydrogens (tertiary/aromatic N) is 4. The van der Waals surface area contributed by atoms with Gasteiger partial charge in [0.05, 0.1) is 31.0 Å². The lowest BCUT2D eigenvalue weighted by molar-refractivity contribution is -0.154. The highest BCUT2D eigenvalue weighted by Crippen LogP contribution is 2.38. The van der Waals surface area contributed by atoms with E-state index in [0.29, 0.717) is 17.7 Å². The molecule has 0 radical (unpaired) electrons. The first-order valence-electron chi connectivity index (χ1n) is 12.5. The van der Waals surface area contributed by atoms with Crippen LogP contribution in [0.15, 0.2) is 12.7 Å². The molecule has 0 aromatic carbocycles. The van der Waals surface area contributed by atoms with Crippen molar-refractivity contribution >= 4 is 36.4 Å². The van der Waals surface area contributed by atoms with Crippen LogP contribution in [0, 0.1) is 5.92 Å². The van der Waals surface area contributed by atoms with Crippen LogP contribution in [0.25, 0.3) is 11.2 Å². The third-order valence-electron chi connectivity index (χ3n) is 5.92. The van der Waals surface area contributed by atoms with Crippen LogP contribution in [-0.4, -0.2) is 68.7 Å². The van der Waals surface area contributed by atoms with Gasteiger partial charge in [-0.2, -0.15) is 0 Å². The molecule has 1 aliphatic carbocycles. The zero-order valence-electron chi connectivity index (χ0n) is 22.0. The van der Waals surface area contributed by atoms with Crippen LogP contribution in [0.2, 0.25) is 0 Å². The van der Waals surface area contributed by atoms with E-state index in [0.717, 1.165) is 19.3 Å². The van der Waals surface area contributed by atoms with Gasteiger partial charge in [0.25, 0.3) is 0 Å². The third kappa shape index (κ3) is 8.19. The van der Waals surface area contributed by atoms with Crippen LogP contribution in [0.4, 0.5) is 5.82 Å². The summed E-state index contributed by atoms with van der Waals surface area (Å²) in [5, 5.41) is 5.79. The summed E-state index contributed by atoms with van der Waals surface area (Å²) in [4.78, 5) is 37.1. The van der Waals surface area contributed by atoms with E-state index in [1.807, 2.05) is 6.92 Å². The van der Waals surface area contributed by atoms with Gasteiger partial charge in [0, 0.05) is 6.54 Å². The van der Waals surface area contributed by atoms with Gasteiger partial charge in [-0.15, -0.1) is 0 Å². The molecule has 37 heavy (non-hydrogen) atoms. The number of nitrogens with one attached hydrogen (secondary N) is 2. The molecule has 0 spiro atoms. The van der Waals surface area contributed by atoms with Crippen molar-refractivity contribution in [2.75, 3.05) is 18.6 Å². The van der Waals surface area contributed by atoms with Crippen LogP contribution < -0.4 is 15.9 Å². The Labute approximate surface area is 216 Å². The molecule has 1 aliphatic rings. The lowest BCUT2D eigenvalue weighted by Gasteiger charge is -2.29. The Morgan fingerprint density at radius 1 is 1.16 bits per heavy atom. The Morgan fingerprint density at radius 2 is 1.89 bits per heavy atom.